The quantitative estimate of drug-likeness (QED) is 0.698. The molecule has 0 spiro atoms. The van der Waals surface area contributed by atoms with Crippen LogP contribution in [0.3, 0.4) is 0 Å². The minimum Gasteiger partial charge on any atom is -0.337 e. The molecule has 0 N–H and O–H groups in total. The Bertz CT molecular complexity index is 387. The van der Waals surface area contributed by atoms with E-state index in [4.69, 9.17) is 0 Å². The second-order valence-corrected chi connectivity index (χ2v) is 5.40. The fourth-order valence-corrected chi connectivity index (χ4v) is 2.52. The molecule has 2 aliphatic rings. The highest BCUT2D eigenvalue weighted by Gasteiger charge is 2.24. The van der Waals surface area contributed by atoms with Crippen LogP contribution in [0.2, 0.25) is 0 Å². The van der Waals surface area contributed by atoms with Crippen molar-refractivity contribution >= 4 is 11.8 Å². The van der Waals surface area contributed by atoms with Crippen molar-refractivity contribution < 1.29 is 9.59 Å². The minimum atomic E-state index is 0.0945. The molecule has 1 saturated heterocycles. The van der Waals surface area contributed by atoms with Gasteiger partial charge in [0.15, 0.2) is 0 Å². The van der Waals surface area contributed by atoms with E-state index in [1.807, 2.05) is 4.90 Å². The number of rotatable bonds is 2. The Hall–Kier alpha value is -1.32. The molecule has 0 aromatic heterocycles. The number of likely N-dealkylation sites (tertiary alicyclic amines) is 1. The minimum absolute atomic E-state index is 0.0945. The molecule has 2 heterocycles. The summed E-state index contributed by atoms with van der Waals surface area (Å²) in [7, 11) is 0. The lowest BCUT2D eigenvalue weighted by Gasteiger charge is -2.32. The summed E-state index contributed by atoms with van der Waals surface area (Å²) in [4.78, 5) is 27.4. The average Bonchev–Trinajstić information content (AvgIpc) is 2.35. The van der Waals surface area contributed by atoms with Crippen molar-refractivity contribution in [3.63, 3.8) is 0 Å². The number of carbonyl (C=O) groups is 2. The Morgan fingerprint density at radius 3 is 2.56 bits per heavy atom. The molecule has 2 amide bonds. The fraction of sp³-hybridized carbons (Fsp3) is 0.714. The number of carbonyl (C=O) groups excluding carboxylic acids is 2. The monoisotopic (exact) mass is 250 g/mol. The van der Waals surface area contributed by atoms with Gasteiger partial charge in [-0.3, -0.25) is 9.59 Å². The third-order valence-electron chi connectivity index (χ3n) is 4.01. The summed E-state index contributed by atoms with van der Waals surface area (Å²) >= 11 is 0. The molecule has 0 saturated carbocycles. The van der Waals surface area contributed by atoms with Gasteiger partial charge in [0, 0.05) is 26.1 Å². The van der Waals surface area contributed by atoms with Crippen molar-refractivity contribution in [1.82, 2.24) is 9.80 Å². The summed E-state index contributed by atoms with van der Waals surface area (Å²) in [6, 6.07) is 0. The Labute approximate surface area is 109 Å². The van der Waals surface area contributed by atoms with Gasteiger partial charge in [-0.15, -0.1) is 0 Å². The largest absolute Gasteiger partial charge is 0.337 e. The van der Waals surface area contributed by atoms with E-state index in [2.05, 4.69) is 13.8 Å². The maximum absolute atomic E-state index is 12.2. The second-order valence-electron chi connectivity index (χ2n) is 5.40. The summed E-state index contributed by atoms with van der Waals surface area (Å²) < 4.78 is 0. The summed E-state index contributed by atoms with van der Waals surface area (Å²) in [5.74, 6) is 0.229. The van der Waals surface area contributed by atoms with Crippen LogP contribution in [0.1, 0.15) is 39.5 Å². The van der Waals surface area contributed by atoms with E-state index < -0.39 is 0 Å². The van der Waals surface area contributed by atoms with Gasteiger partial charge in [-0.05, 0) is 33.1 Å². The van der Waals surface area contributed by atoms with Gasteiger partial charge in [0.1, 0.15) is 0 Å². The van der Waals surface area contributed by atoms with Crippen molar-refractivity contribution in [2.45, 2.75) is 39.5 Å². The molecule has 2 rings (SSSR count). The number of hydrogen-bond donors (Lipinski definition) is 0. The summed E-state index contributed by atoms with van der Waals surface area (Å²) in [5, 5.41) is 0. The van der Waals surface area contributed by atoms with Gasteiger partial charge in [0.2, 0.25) is 11.8 Å². The van der Waals surface area contributed by atoms with Gasteiger partial charge in [-0.25, -0.2) is 0 Å². The smallest absolute Gasteiger partial charge is 0.242 e. The average molecular weight is 250 g/mol. The highest BCUT2D eigenvalue weighted by atomic mass is 16.2. The van der Waals surface area contributed by atoms with Gasteiger partial charge >= 0.3 is 0 Å². The Morgan fingerprint density at radius 2 is 1.89 bits per heavy atom. The molecule has 0 aliphatic carbocycles. The first-order valence-corrected chi connectivity index (χ1v) is 6.78. The van der Waals surface area contributed by atoms with E-state index in [0.29, 0.717) is 6.42 Å². The van der Waals surface area contributed by atoms with Crippen LogP contribution in [-0.2, 0) is 9.59 Å². The SMILES string of the molecule is CC1=C(C)CN(C(=O)CN2CCCCC2=O)CC1. The molecule has 0 radical (unpaired) electrons. The maximum Gasteiger partial charge on any atom is 0.242 e. The standard InChI is InChI=1S/C14H22N2O2/c1-11-6-8-16(9-12(11)2)14(18)10-15-7-4-3-5-13(15)17/h3-10H2,1-2H3. The number of hydrogen-bond acceptors (Lipinski definition) is 2. The Morgan fingerprint density at radius 1 is 1.11 bits per heavy atom. The number of amides is 2. The van der Waals surface area contributed by atoms with Crippen LogP contribution in [0.4, 0.5) is 0 Å². The number of piperidine rings is 1. The Kier molecular flexibility index (Phi) is 4.04. The van der Waals surface area contributed by atoms with Crippen LogP contribution in [0.5, 0.6) is 0 Å². The fourth-order valence-electron chi connectivity index (χ4n) is 2.52. The molecule has 4 nitrogen and oxygen atoms in total. The van der Waals surface area contributed by atoms with E-state index >= 15 is 0 Å². The number of nitrogens with zero attached hydrogens (tertiary/aromatic N) is 2. The van der Waals surface area contributed by atoms with Gasteiger partial charge in [-0.1, -0.05) is 11.1 Å². The third kappa shape index (κ3) is 2.92. The van der Waals surface area contributed by atoms with Crippen molar-refractivity contribution in [3.05, 3.63) is 11.1 Å². The Balaban J connectivity index is 1.90. The zero-order valence-corrected chi connectivity index (χ0v) is 11.4. The van der Waals surface area contributed by atoms with E-state index in [0.717, 1.165) is 38.9 Å². The zero-order chi connectivity index (χ0) is 13.1. The second kappa shape index (κ2) is 5.55. The first-order chi connectivity index (χ1) is 8.58. The molecule has 0 aromatic rings. The molecule has 0 atom stereocenters. The van der Waals surface area contributed by atoms with Crippen molar-refractivity contribution in [2.75, 3.05) is 26.2 Å². The third-order valence-corrected chi connectivity index (χ3v) is 4.01. The van der Waals surface area contributed by atoms with E-state index in [1.54, 1.807) is 4.90 Å². The van der Waals surface area contributed by atoms with E-state index in [1.165, 1.54) is 11.1 Å². The van der Waals surface area contributed by atoms with Crippen LogP contribution in [-0.4, -0.2) is 47.8 Å². The van der Waals surface area contributed by atoms with E-state index in [-0.39, 0.29) is 18.4 Å². The van der Waals surface area contributed by atoms with E-state index in [9.17, 15) is 9.59 Å². The molecule has 0 aromatic carbocycles. The highest BCUT2D eigenvalue weighted by molar-refractivity contribution is 5.85. The van der Waals surface area contributed by atoms with Crippen LogP contribution in [0.25, 0.3) is 0 Å². The molecular weight excluding hydrogens is 228 g/mol. The van der Waals surface area contributed by atoms with Gasteiger partial charge in [0.25, 0.3) is 0 Å². The molecule has 2 aliphatic heterocycles. The first-order valence-electron chi connectivity index (χ1n) is 6.78. The lowest BCUT2D eigenvalue weighted by atomic mass is 10.0. The summed E-state index contributed by atoms with van der Waals surface area (Å²) in [5.41, 5.74) is 2.69. The molecule has 100 valence electrons. The van der Waals surface area contributed by atoms with Crippen LogP contribution >= 0.6 is 0 Å². The van der Waals surface area contributed by atoms with Crippen molar-refractivity contribution in [1.29, 1.82) is 0 Å². The van der Waals surface area contributed by atoms with Crippen LogP contribution < -0.4 is 0 Å². The van der Waals surface area contributed by atoms with Crippen LogP contribution in [0, 0.1) is 0 Å². The molecule has 1 fully saturated rings. The van der Waals surface area contributed by atoms with Crippen molar-refractivity contribution in [2.24, 2.45) is 0 Å². The van der Waals surface area contributed by atoms with Crippen molar-refractivity contribution in [3.8, 4) is 0 Å². The normalized spacial score (nSPS) is 21.6. The highest BCUT2D eigenvalue weighted by Crippen LogP contribution is 2.17. The molecule has 18 heavy (non-hydrogen) atoms. The van der Waals surface area contributed by atoms with Gasteiger partial charge in [-0.2, -0.15) is 0 Å². The molecule has 0 bridgehead atoms. The van der Waals surface area contributed by atoms with Crippen LogP contribution in [0.15, 0.2) is 11.1 Å². The lowest BCUT2D eigenvalue weighted by molar-refractivity contribution is -0.141. The topological polar surface area (TPSA) is 40.6 Å². The lowest BCUT2D eigenvalue weighted by Crippen LogP contribution is -2.46. The zero-order valence-electron chi connectivity index (χ0n) is 11.4. The van der Waals surface area contributed by atoms with Gasteiger partial charge < -0.3 is 9.80 Å². The summed E-state index contributed by atoms with van der Waals surface area (Å²) in [6.45, 7) is 6.75. The first kappa shape index (κ1) is 13.1. The molecule has 4 heteroatoms. The predicted octanol–water partition coefficient (Wildman–Crippen LogP) is 1.57. The molecular formula is C14H22N2O2. The predicted molar refractivity (Wildman–Crippen MR) is 70.0 cm³/mol. The van der Waals surface area contributed by atoms with Gasteiger partial charge in [0.05, 0.1) is 6.54 Å². The molecule has 0 unspecified atom stereocenters. The maximum atomic E-state index is 12.2. The summed E-state index contributed by atoms with van der Waals surface area (Å²) in [6.07, 6.45) is 3.56.